The molecule has 0 aliphatic heterocycles. The van der Waals surface area contributed by atoms with Gasteiger partial charge in [-0.2, -0.15) is 0 Å². The normalized spacial score (nSPS) is 10.1. The molecule has 0 amide bonds. The van der Waals surface area contributed by atoms with Gasteiger partial charge in [0.1, 0.15) is 0 Å². The fourth-order valence-corrected chi connectivity index (χ4v) is 2.07. The molecule has 0 spiro atoms. The lowest BCUT2D eigenvalue weighted by Crippen LogP contribution is -2.11. The minimum Gasteiger partial charge on any atom is -0.505 e. The Hall–Kier alpha value is -2.82. The molecule has 0 fully saturated rings. The maximum Gasteiger partial charge on any atom is 0.336 e. The molecule has 5 nitrogen and oxygen atoms in total. The zero-order valence-corrected chi connectivity index (χ0v) is 11.5. The van der Waals surface area contributed by atoms with Crippen LogP contribution in [0.2, 0.25) is 0 Å². The smallest absolute Gasteiger partial charge is 0.336 e. The molecule has 3 N–H and O–H groups in total. The third kappa shape index (κ3) is 2.86. The van der Waals surface area contributed by atoms with E-state index in [1.807, 2.05) is 6.92 Å². The minimum absolute atomic E-state index is 0.202. The molecule has 0 aliphatic rings. The standard InChI is InChI=1S/C16H15NO4/c1-2-17-12-9-8-11(16(20)21)13(15(12)19)14(18)10-6-4-3-5-7-10/h3-9,17,19H,2H2,1H3,(H,20,21). The van der Waals surface area contributed by atoms with Gasteiger partial charge in [-0.05, 0) is 19.1 Å². The van der Waals surface area contributed by atoms with Crippen molar-refractivity contribution in [3.05, 3.63) is 59.2 Å². The summed E-state index contributed by atoms with van der Waals surface area (Å²) in [5, 5.41) is 22.4. The second-order valence-corrected chi connectivity index (χ2v) is 4.41. The van der Waals surface area contributed by atoms with Crippen LogP contribution < -0.4 is 5.32 Å². The number of hydrogen-bond acceptors (Lipinski definition) is 4. The lowest BCUT2D eigenvalue weighted by Gasteiger charge is -2.13. The molecule has 0 bridgehead atoms. The first-order valence-electron chi connectivity index (χ1n) is 6.49. The summed E-state index contributed by atoms with van der Waals surface area (Å²) in [6, 6.07) is 11.0. The number of carboxylic acids is 1. The fourth-order valence-electron chi connectivity index (χ4n) is 2.07. The third-order valence-corrected chi connectivity index (χ3v) is 3.04. The summed E-state index contributed by atoms with van der Waals surface area (Å²) in [5.74, 6) is -2.12. The summed E-state index contributed by atoms with van der Waals surface area (Å²) in [7, 11) is 0. The van der Waals surface area contributed by atoms with Gasteiger partial charge in [0.15, 0.2) is 11.5 Å². The Bertz CT molecular complexity index is 680. The van der Waals surface area contributed by atoms with Gasteiger partial charge in [0, 0.05) is 12.1 Å². The van der Waals surface area contributed by atoms with Crippen LogP contribution in [0.3, 0.4) is 0 Å². The maximum absolute atomic E-state index is 12.5. The first-order valence-corrected chi connectivity index (χ1v) is 6.49. The number of aromatic carboxylic acids is 1. The largest absolute Gasteiger partial charge is 0.505 e. The first-order chi connectivity index (χ1) is 10.1. The van der Waals surface area contributed by atoms with Crippen LogP contribution in [0.25, 0.3) is 0 Å². The summed E-state index contributed by atoms with van der Waals surface area (Å²) in [5.41, 5.74) is 0.237. The van der Waals surface area contributed by atoms with Gasteiger partial charge in [0.2, 0.25) is 0 Å². The van der Waals surface area contributed by atoms with Crippen LogP contribution in [-0.2, 0) is 0 Å². The second kappa shape index (κ2) is 6.09. The highest BCUT2D eigenvalue weighted by Crippen LogP contribution is 2.32. The summed E-state index contributed by atoms with van der Waals surface area (Å²) in [6.07, 6.45) is 0. The molecule has 0 aliphatic carbocycles. The van der Waals surface area contributed by atoms with Crippen molar-refractivity contribution in [2.75, 3.05) is 11.9 Å². The van der Waals surface area contributed by atoms with Gasteiger partial charge in [-0.15, -0.1) is 0 Å². The van der Waals surface area contributed by atoms with Crippen LogP contribution in [0, 0.1) is 0 Å². The van der Waals surface area contributed by atoms with E-state index in [4.69, 9.17) is 0 Å². The van der Waals surface area contributed by atoms with E-state index < -0.39 is 11.8 Å². The SMILES string of the molecule is CCNc1ccc(C(=O)O)c(C(=O)c2ccccc2)c1O. The Kier molecular flexibility index (Phi) is 4.23. The van der Waals surface area contributed by atoms with Crippen molar-refractivity contribution >= 4 is 17.4 Å². The van der Waals surface area contributed by atoms with E-state index in [1.54, 1.807) is 30.3 Å². The predicted molar refractivity (Wildman–Crippen MR) is 79.1 cm³/mol. The van der Waals surface area contributed by atoms with Gasteiger partial charge in [0.05, 0.1) is 16.8 Å². The molecule has 0 heterocycles. The summed E-state index contributed by atoms with van der Waals surface area (Å²) >= 11 is 0. The monoisotopic (exact) mass is 285 g/mol. The highest BCUT2D eigenvalue weighted by molar-refractivity contribution is 6.16. The number of carbonyl (C=O) groups is 2. The minimum atomic E-state index is -1.26. The highest BCUT2D eigenvalue weighted by Gasteiger charge is 2.24. The Labute approximate surface area is 121 Å². The van der Waals surface area contributed by atoms with Gasteiger partial charge in [-0.1, -0.05) is 30.3 Å². The van der Waals surface area contributed by atoms with Crippen molar-refractivity contribution < 1.29 is 19.8 Å². The summed E-state index contributed by atoms with van der Waals surface area (Å²) in [4.78, 5) is 23.8. The molecular formula is C16H15NO4. The lowest BCUT2D eigenvalue weighted by molar-refractivity contribution is 0.0692. The quantitative estimate of drug-likeness (QED) is 0.581. The Morgan fingerprint density at radius 3 is 2.33 bits per heavy atom. The number of anilines is 1. The fraction of sp³-hybridized carbons (Fsp3) is 0.125. The average Bonchev–Trinajstić information content (AvgIpc) is 2.49. The number of phenolic OH excluding ortho intramolecular Hbond substituents is 1. The summed E-state index contributed by atoms with van der Waals surface area (Å²) < 4.78 is 0. The van der Waals surface area contributed by atoms with Crippen LogP contribution in [-0.4, -0.2) is 28.5 Å². The van der Waals surface area contributed by atoms with Gasteiger partial charge in [-0.25, -0.2) is 4.79 Å². The number of phenols is 1. The Balaban J connectivity index is 2.61. The molecule has 2 aromatic rings. The van der Waals surface area contributed by atoms with E-state index in [-0.39, 0.29) is 16.9 Å². The van der Waals surface area contributed by atoms with Gasteiger partial charge in [0.25, 0.3) is 0 Å². The van der Waals surface area contributed by atoms with E-state index in [2.05, 4.69) is 5.32 Å². The zero-order valence-electron chi connectivity index (χ0n) is 11.5. The Morgan fingerprint density at radius 1 is 1.10 bits per heavy atom. The number of nitrogens with one attached hydrogen (secondary N) is 1. The average molecular weight is 285 g/mol. The van der Waals surface area contributed by atoms with Crippen molar-refractivity contribution in [3.8, 4) is 5.75 Å². The van der Waals surface area contributed by atoms with Crippen LogP contribution in [0.5, 0.6) is 5.75 Å². The van der Waals surface area contributed by atoms with E-state index >= 15 is 0 Å². The van der Waals surface area contributed by atoms with E-state index in [0.29, 0.717) is 17.8 Å². The number of carbonyl (C=O) groups excluding carboxylic acids is 1. The van der Waals surface area contributed by atoms with E-state index in [1.165, 1.54) is 12.1 Å². The molecular weight excluding hydrogens is 270 g/mol. The Morgan fingerprint density at radius 2 is 1.76 bits per heavy atom. The van der Waals surface area contributed by atoms with E-state index in [0.717, 1.165) is 0 Å². The lowest BCUT2D eigenvalue weighted by atomic mass is 9.96. The molecule has 0 radical (unpaired) electrons. The van der Waals surface area contributed by atoms with Gasteiger partial charge in [-0.3, -0.25) is 4.79 Å². The number of aromatic hydroxyl groups is 1. The number of hydrogen-bond donors (Lipinski definition) is 3. The first kappa shape index (κ1) is 14.6. The van der Waals surface area contributed by atoms with Crippen molar-refractivity contribution in [1.82, 2.24) is 0 Å². The number of rotatable bonds is 5. The van der Waals surface area contributed by atoms with Crippen LogP contribution in [0.4, 0.5) is 5.69 Å². The number of ketones is 1. The molecule has 2 aromatic carbocycles. The topological polar surface area (TPSA) is 86.6 Å². The van der Waals surface area contributed by atoms with Crippen molar-refractivity contribution in [2.24, 2.45) is 0 Å². The third-order valence-electron chi connectivity index (χ3n) is 3.04. The molecule has 0 atom stereocenters. The van der Waals surface area contributed by atoms with Crippen LogP contribution in [0.15, 0.2) is 42.5 Å². The van der Waals surface area contributed by atoms with Crippen molar-refractivity contribution in [3.63, 3.8) is 0 Å². The van der Waals surface area contributed by atoms with Gasteiger partial charge < -0.3 is 15.5 Å². The molecule has 0 saturated heterocycles. The second-order valence-electron chi connectivity index (χ2n) is 4.41. The summed E-state index contributed by atoms with van der Waals surface area (Å²) in [6.45, 7) is 2.38. The predicted octanol–water partition coefficient (Wildman–Crippen LogP) is 2.75. The molecule has 0 aromatic heterocycles. The number of carboxylic acid groups (broad SMARTS) is 1. The molecule has 0 unspecified atom stereocenters. The zero-order chi connectivity index (χ0) is 15.4. The van der Waals surface area contributed by atoms with Crippen LogP contribution in [0.1, 0.15) is 33.2 Å². The van der Waals surface area contributed by atoms with Gasteiger partial charge >= 0.3 is 5.97 Å². The molecule has 21 heavy (non-hydrogen) atoms. The van der Waals surface area contributed by atoms with Crippen molar-refractivity contribution in [1.29, 1.82) is 0 Å². The van der Waals surface area contributed by atoms with E-state index in [9.17, 15) is 19.8 Å². The number of benzene rings is 2. The molecule has 108 valence electrons. The molecule has 2 rings (SSSR count). The molecule has 0 saturated carbocycles. The van der Waals surface area contributed by atoms with Crippen LogP contribution >= 0.6 is 0 Å². The molecule has 5 heteroatoms. The highest BCUT2D eigenvalue weighted by atomic mass is 16.4. The van der Waals surface area contributed by atoms with Crippen molar-refractivity contribution in [2.45, 2.75) is 6.92 Å². The maximum atomic E-state index is 12.5.